The number of nitrogens with zero attached hydrogens (tertiary/aromatic N) is 2. The molecule has 0 aliphatic rings. The first-order valence-electron chi connectivity index (χ1n) is 4.02. The van der Waals surface area contributed by atoms with E-state index in [-0.39, 0.29) is 5.28 Å². The van der Waals surface area contributed by atoms with E-state index in [1.807, 2.05) is 6.92 Å². The van der Waals surface area contributed by atoms with E-state index in [4.69, 9.17) is 21.1 Å². The highest BCUT2D eigenvalue weighted by Gasteiger charge is 1.96. The van der Waals surface area contributed by atoms with Crippen LogP contribution in [0, 0.1) is 0 Å². The van der Waals surface area contributed by atoms with Crippen molar-refractivity contribution >= 4 is 11.6 Å². The Balaban J connectivity index is 2.28. The maximum absolute atomic E-state index is 5.55. The topological polar surface area (TPSA) is 44.2 Å². The molecule has 0 amide bonds. The Morgan fingerprint density at radius 1 is 1.46 bits per heavy atom. The van der Waals surface area contributed by atoms with Gasteiger partial charge in [0, 0.05) is 18.9 Å². The molecule has 4 nitrogen and oxygen atoms in total. The van der Waals surface area contributed by atoms with Gasteiger partial charge in [0.2, 0.25) is 11.2 Å². The van der Waals surface area contributed by atoms with Gasteiger partial charge in [0.15, 0.2) is 0 Å². The van der Waals surface area contributed by atoms with Crippen LogP contribution >= 0.6 is 11.6 Å². The summed E-state index contributed by atoms with van der Waals surface area (Å²) in [7, 11) is 0. The second kappa shape index (κ2) is 5.72. The van der Waals surface area contributed by atoms with E-state index < -0.39 is 0 Å². The van der Waals surface area contributed by atoms with Crippen LogP contribution in [0.25, 0.3) is 0 Å². The van der Waals surface area contributed by atoms with Gasteiger partial charge >= 0.3 is 0 Å². The Morgan fingerprint density at radius 2 is 2.31 bits per heavy atom. The highest BCUT2D eigenvalue weighted by atomic mass is 35.5. The summed E-state index contributed by atoms with van der Waals surface area (Å²) < 4.78 is 10.3. The van der Waals surface area contributed by atoms with Gasteiger partial charge in [0.1, 0.15) is 6.61 Å². The van der Waals surface area contributed by atoms with Gasteiger partial charge in [-0.2, -0.15) is 4.98 Å². The highest BCUT2D eigenvalue weighted by molar-refractivity contribution is 6.28. The van der Waals surface area contributed by atoms with Gasteiger partial charge in [0.25, 0.3) is 0 Å². The molecule has 72 valence electrons. The Bertz CT molecular complexity index is 258. The standard InChI is InChI=1S/C8H11ClN2O2/c1-2-12-5-6-13-7-3-4-10-8(9)11-7/h3-4H,2,5-6H2,1H3. The van der Waals surface area contributed by atoms with Crippen LogP contribution in [0.5, 0.6) is 5.88 Å². The van der Waals surface area contributed by atoms with E-state index in [0.717, 1.165) is 0 Å². The minimum absolute atomic E-state index is 0.189. The normalized spacial score (nSPS) is 10.0. The summed E-state index contributed by atoms with van der Waals surface area (Å²) in [6.07, 6.45) is 1.55. The van der Waals surface area contributed by atoms with Gasteiger partial charge in [-0.25, -0.2) is 4.98 Å². The van der Waals surface area contributed by atoms with Crippen LogP contribution in [0.1, 0.15) is 6.92 Å². The quantitative estimate of drug-likeness (QED) is 0.537. The fraction of sp³-hybridized carbons (Fsp3) is 0.500. The number of rotatable bonds is 5. The van der Waals surface area contributed by atoms with E-state index in [0.29, 0.717) is 25.7 Å². The molecule has 5 heteroatoms. The van der Waals surface area contributed by atoms with Crippen LogP contribution in [0.15, 0.2) is 12.3 Å². The van der Waals surface area contributed by atoms with Crippen molar-refractivity contribution in [3.63, 3.8) is 0 Å². The highest BCUT2D eigenvalue weighted by Crippen LogP contribution is 2.07. The summed E-state index contributed by atoms with van der Waals surface area (Å²) in [4.78, 5) is 7.57. The Kier molecular flexibility index (Phi) is 4.49. The molecule has 0 radical (unpaired) electrons. The molecule has 1 heterocycles. The lowest BCUT2D eigenvalue weighted by molar-refractivity contribution is 0.108. The van der Waals surface area contributed by atoms with E-state index >= 15 is 0 Å². The van der Waals surface area contributed by atoms with Crippen LogP contribution in [0.4, 0.5) is 0 Å². The first-order valence-corrected chi connectivity index (χ1v) is 4.40. The summed E-state index contributed by atoms with van der Waals surface area (Å²) in [5.41, 5.74) is 0. The Hall–Kier alpha value is -0.870. The average Bonchev–Trinajstić information content (AvgIpc) is 2.13. The van der Waals surface area contributed by atoms with Gasteiger partial charge in [0.05, 0.1) is 6.61 Å². The summed E-state index contributed by atoms with van der Waals surface area (Å²) in [6.45, 7) is 3.65. The third-order valence-corrected chi connectivity index (χ3v) is 1.46. The molecule has 13 heavy (non-hydrogen) atoms. The number of hydrogen-bond donors (Lipinski definition) is 0. The van der Waals surface area contributed by atoms with Crippen LogP contribution < -0.4 is 4.74 Å². The van der Waals surface area contributed by atoms with Gasteiger partial charge in [-0.1, -0.05) is 0 Å². The predicted octanol–water partition coefficient (Wildman–Crippen LogP) is 1.55. The van der Waals surface area contributed by atoms with Crippen molar-refractivity contribution in [2.24, 2.45) is 0 Å². The zero-order valence-corrected chi connectivity index (χ0v) is 8.12. The van der Waals surface area contributed by atoms with Crippen molar-refractivity contribution in [1.29, 1.82) is 0 Å². The maximum atomic E-state index is 5.55. The molecule has 0 aromatic carbocycles. The summed E-state index contributed by atoms with van der Waals surface area (Å²) in [6, 6.07) is 1.65. The summed E-state index contributed by atoms with van der Waals surface area (Å²) in [5.74, 6) is 0.472. The van der Waals surface area contributed by atoms with Crippen LogP contribution in [0.2, 0.25) is 5.28 Å². The van der Waals surface area contributed by atoms with Crippen LogP contribution in [-0.4, -0.2) is 29.8 Å². The van der Waals surface area contributed by atoms with Crippen molar-refractivity contribution in [2.45, 2.75) is 6.92 Å². The molecule has 0 N–H and O–H groups in total. The molecule has 0 saturated carbocycles. The molecular formula is C8H11ClN2O2. The van der Waals surface area contributed by atoms with E-state index in [9.17, 15) is 0 Å². The first-order chi connectivity index (χ1) is 6.33. The SMILES string of the molecule is CCOCCOc1ccnc(Cl)n1. The largest absolute Gasteiger partial charge is 0.475 e. The average molecular weight is 203 g/mol. The third-order valence-electron chi connectivity index (χ3n) is 1.28. The Labute approximate surface area is 81.9 Å². The number of ether oxygens (including phenoxy) is 2. The zero-order chi connectivity index (χ0) is 9.52. The van der Waals surface area contributed by atoms with E-state index in [1.54, 1.807) is 12.3 Å². The van der Waals surface area contributed by atoms with Crippen molar-refractivity contribution in [3.8, 4) is 5.88 Å². The lowest BCUT2D eigenvalue weighted by Gasteiger charge is -2.04. The molecule has 1 aromatic heterocycles. The molecule has 0 bridgehead atoms. The van der Waals surface area contributed by atoms with E-state index in [2.05, 4.69) is 9.97 Å². The fourth-order valence-corrected chi connectivity index (χ4v) is 0.889. The minimum Gasteiger partial charge on any atom is -0.475 e. The minimum atomic E-state index is 0.189. The van der Waals surface area contributed by atoms with Crippen molar-refractivity contribution in [3.05, 3.63) is 17.5 Å². The second-order valence-corrected chi connectivity index (χ2v) is 2.55. The Morgan fingerprint density at radius 3 is 3.00 bits per heavy atom. The van der Waals surface area contributed by atoms with Gasteiger partial charge in [-0.3, -0.25) is 0 Å². The maximum Gasteiger partial charge on any atom is 0.225 e. The van der Waals surface area contributed by atoms with Crippen molar-refractivity contribution in [1.82, 2.24) is 9.97 Å². The predicted molar refractivity (Wildman–Crippen MR) is 49.0 cm³/mol. The second-order valence-electron chi connectivity index (χ2n) is 2.21. The lowest BCUT2D eigenvalue weighted by Crippen LogP contribution is -2.07. The molecule has 0 aliphatic carbocycles. The number of halogens is 1. The monoisotopic (exact) mass is 202 g/mol. The summed E-state index contributed by atoms with van der Waals surface area (Å²) in [5, 5.41) is 0.189. The van der Waals surface area contributed by atoms with E-state index in [1.165, 1.54) is 0 Å². The summed E-state index contributed by atoms with van der Waals surface area (Å²) >= 11 is 5.55. The molecule has 0 unspecified atom stereocenters. The van der Waals surface area contributed by atoms with Crippen LogP contribution in [-0.2, 0) is 4.74 Å². The fourth-order valence-electron chi connectivity index (χ4n) is 0.749. The first kappa shape index (κ1) is 10.2. The third kappa shape index (κ3) is 4.05. The molecule has 1 rings (SSSR count). The molecule has 1 aromatic rings. The number of aromatic nitrogens is 2. The molecule has 0 fully saturated rings. The zero-order valence-electron chi connectivity index (χ0n) is 7.36. The van der Waals surface area contributed by atoms with Gasteiger partial charge in [-0.05, 0) is 18.5 Å². The molecule has 0 atom stereocenters. The van der Waals surface area contributed by atoms with Gasteiger partial charge < -0.3 is 9.47 Å². The molecular weight excluding hydrogens is 192 g/mol. The smallest absolute Gasteiger partial charge is 0.225 e. The number of hydrogen-bond acceptors (Lipinski definition) is 4. The van der Waals surface area contributed by atoms with Crippen molar-refractivity contribution in [2.75, 3.05) is 19.8 Å². The van der Waals surface area contributed by atoms with Crippen molar-refractivity contribution < 1.29 is 9.47 Å². The molecule has 0 spiro atoms. The lowest BCUT2D eigenvalue weighted by atomic mass is 10.6. The van der Waals surface area contributed by atoms with Crippen LogP contribution in [0.3, 0.4) is 0 Å². The molecule has 0 saturated heterocycles. The molecule has 0 aliphatic heterocycles. The van der Waals surface area contributed by atoms with Gasteiger partial charge in [-0.15, -0.1) is 0 Å².